The Morgan fingerprint density at radius 2 is 1.83 bits per heavy atom. The molecule has 1 aliphatic heterocycles. The molecule has 5 nitrogen and oxygen atoms in total. The maximum absolute atomic E-state index is 6.20. The van der Waals surface area contributed by atoms with Crippen LogP contribution in [0.2, 0.25) is 0 Å². The summed E-state index contributed by atoms with van der Waals surface area (Å²) in [6.45, 7) is 13.9. The largest absolute Gasteiger partial charge is 0.394 e. The average molecular weight is 251 g/mol. The molecule has 18 heavy (non-hydrogen) atoms. The molecule has 0 saturated carbocycles. The van der Waals surface area contributed by atoms with Crippen molar-refractivity contribution in [3.05, 3.63) is 5.69 Å². The fourth-order valence-electron chi connectivity index (χ4n) is 2.50. The highest BCUT2D eigenvalue weighted by atomic mass is 15.4. The highest BCUT2D eigenvalue weighted by Gasteiger charge is 2.23. The first-order valence-corrected chi connectivity index (χ1v) is 6.86. The fourth-order valence-corrected chi connectivity index (χ4v) is 2.50. The van der Waals surface area contributed by atoms with E-state index in [1.807, 2.05) is 6.92 Å². The van der Waals surface area contributed by atoms with Crippen molar-refractivity contribution in [2.75, 3.05) is 43.4 Å². The van der Waals surface area contributed by atoms with Crippen molar-refractivity contribution >= 4 is 11.5 Å². The zero-order valence-corrected chi connectivity index (χ0v) is 12.0. The van der Waals surface area contributed by atoms with Gasteiger partial charge in [-0.1, -0.05) is 6.92 Å². The molecule has 5 heteroatoms. The standard InChI is InChI=1S/C13H25N5/c1-5-16-6-8-17(9-7-16)13-12(14)11(4)15-18(13)10(2)3/h10H,5-9,14H2,1-4H3. The lowest BCUT2D eigenvalue weighted by molar-refractivity contribution is 0.269. The molecule has 0 amide bonds. The third-order valence-corrected chi connectivity index (χ3v) is 3.71. The minimum atomic E-state index is 0.347. The van der Waals surface area contributed by atoms with E-state index >= 15 is 0 Å². The summed E-state index contributed by atoms with van der Waals surface area (Å²) >= 11 is 0. The van der Waals surface area contributed by atoms with E-state index in [2.05, 4.69) is 40.4 Å². The number of nitrogen functional groups attached to an aromatic ring is 1. The van der Waals surface area contributed by atoms with Crippen LogP contribution >= 0.6 is 0 Å². The maximum atomic E-state index is 6.20. The summed E-state index contributed by atoms with van der Waals surface area (Å²) < 4.78 is 2.06. The molecule has 1 aliphatic rings. The van der Waals surface area contributed by atoms with Gasteiger partial charge in [-0.3, -0.25) is 0 Å². The van der Waals surface area contributed by atoms with Crippen molar-refractivity contribution in [1.29, 1.82) is 0 Å². The quantitative estimate of drug-likeness (QED) is 0.884. The molecular weight excluding hydrogens is 226 g/mol. The molecule has 0 atom stereocenters. The van der Waals surface area contributed by atoms with Crippen LogP contribution in [0.3, 0.4) is 0 Å². The van der Waals surface area contributed by atoms with Gasteiger partial charge in [0.1, 0.15) is 0 Å². The Morgan fingerprint density at radius 3 is 2.33 bits per heavy atom. The predicted octanol–water partition coefficient (Wildman–Crippen LogP) is 1.50. The van der Waals surface area contributed by atoms with E-state index in [1.165, 1.54) is 0 Å². The van der Waals surface area contributed by atoms with Gasteiger partial charge in [0.15, 0.2) is 5.82 Å². The Hall–Kier alpha value is -1.23. The van der Waals surface area contributed by atoms with E-state index in [4.69, 9.17) is 5.73 Å². The van der Waals surface area contributed by atoms with Crippen LogP contribution in [-0.4, -0.2) is 47.4 Å². The number of aromatic nitrogens is 2. The minimum absolute atomic E-state index is 0.347. The lowest BCUT2D eigenvalue weighted by Crippen LogP contribution is -2.47. The van der Waals surface area contributed by atoms with Gasteiger partial charge in [0.2, 0.25) is 0 Å². The second kappa shape index (κ2) is 5.18. The lowest BCUT2D eigenvalue weighted by Gasteiger charge is -2.36. The van der Waals surface area contributed by atoms with E-state index in [9.17, 15) is 0 Å². The lowest BCUT2D eigenvalue weighted by atomic mass is 10.2. The SMILES string of the molecule is CCN1CCN(c2c(N)c(C)nn2C(C)C)CC1. The third kappa shape index (κ3) is 2.32. The van der Waals surface area contributed by atoms with Crippen LogP contribution in [0.15, 0.2) is 0 Å². The molecule has 0 unspecified atom stereocenters. The first kappa shape index (κ1) is 13.2. The van der Waals surface area contributed by atoms with Gasteiger partial charge in [0.05, 0.1) is 11.4 Å². The zero-order valence-electron chi connectivity index (χ0n) is 12.0. The molecule has 1 aromatic heterocycles. The Labute approximate surface area is 110 Å². The van der Waals surface area contributed by atoms with Crippen LogP contribution in [-0.2, 0) is 0 Å². The number of aryl methyl sites for hydroxylation is 1. The molecular formula is C13H25N5. The Bertz CT molecular complexity index is 402. The number of likely N-dealkylation sites (N-methyl/N-ethyl adjacent to an activating group) is 1. The second-order valence-electron chi connectivity index (χ2n) is 5.28. The van der Waals surface area contributed by atoms with Gasteiger partial charge in [0, 0.05) is 32.2 Å². The summed E-state index contributed by atoms with van der Waals surface area (Å²) in [5.41, 5.74) is 7.98. The van der Waals surface area contributed by atoms with E-state index in [1.54, 1.807) is 0 Å². The molecule has 102 valence electrons. The van der Waals surface area contributed by atoms with Crippen LogP contribution in [0.1, 0.15) is 32.5 Å². The van der Waals surface area contributed by atoms with Gasteiger partial charge >= 0.3 is 0 Å². The summed E-state index contributed by atoms with van der Waals surface area (Å²) in [5, 5.41) is 4.56. The zero-order chi connectivity index (χ0) is 13.3. The molecule has 0 radical (unpaired) electrons. The van der Waals surface area contributed by atoms with E-state index in [-0.39, 0.29) is 0 Å². The molecule has 1 aromatic rings. The first-order chi connectivity index (χ1) is 8.54. The number of nitrogens with zero attached hydrogens (tertiary/aromatic N) is 4. The molecule has 2 N–H and O–H groups in total. The molecule has 1 fully saturated rings. The number of hydrogen-bond acceptors (Lipinski definition) is 4. The summed E-state index contributed by atoms with van der Waals surface area (Å²) in [7, 11) is 0. The van der Waals surface area contributed by atoms with E-state index in [0.717, 1.165) is 49.9 Å². The Morgan fingerprint density at radius 1 is 1.22 bits per heavy atom. The van der Waals surface area contributed by atoms with Crippen LogP contribution in [0, 0.1) is 6.92 Å². The summed E-state index contributed by atoms with van der Waals surface area (Å²) in [4.78, 5) is 4.84. The van der Waals surface area contributed by atoms with Crippen molar-refractivity contribution in [3.8, 4) is 0 Å². The van der Waals surface area contributed by atoms with Gasteiger partial charge in [-0.05, 0) is 27.3 Å². The fraction of sp³-hybridized carbons (Fsp3) is 0.769. The summed E-state index contributed by atoms with van der Waals surface area (Å²) in [5.74, 6) is 1.11. The number of anilines is 2. The highest BCUT2D eigenvalue weighted by molar-refractivity contribution is 5.66. The molecule has 2 rings (SSSR count). The van der Waals surface area contributed by atoms with Crippen LogP contribution in [0.4, 0.5) is 11.5 Å². The smallest absolute Gasteiger partial charge is 0.151 e. The van der Waals surface area contributed by atoms with E-state index < -0.39 is 0 Å². The van der Waals surface area contributed by atoms with Gasteiger partial charge in [-0.25, -0.2) is 4.68 Å². The van der Waals surface area contributed by atoms with Crippen LogP contribution in [0.25, 0.3) is 0 Å². The van der Waals surface area contributed by atoms with Crippen molar-refractivity contribution in [3.63, 3.8) is 0 Å². The van der Waals surface area contributed by atoms with Crippen molar-refractivity contribution in [2.45, 2.75) is 33.7 Å². The van der Waals surface area contributed by atoms with Crippen LogP contribution in [0.5, 0.6) is 0 Å². The number of piperazine rings is 1. The second-order valence-corrected chi connectivity index (χ2v) is 5.28. The van der Waals surface area contributed by atoms with Crippen LogP contribution < -0.4 is 10.6 Å². The van der Waals surface area contributed by atoms with Crippen molar-refractivity contribution < 1.29 is 0 Å². The average Bonchev–Trinajstić information content (AvgIpc) is 2.66. The van der Waals surface area contributed by atoms with Gasteiger partial charge in [-0.15, -0.1) is 0 Å². The first-order valence-electron chi connectivity index (χ1n) is 6.86. The molecule has 1 saturated heterocycles. The summed E-state index contributed by atoms with van der Waals surface area (Å²) in [6.07, 6.45) is 0. The van der Waals surface area contributed by atoms with Gasteiger partial charge in [-0.2, -0.15) is 5.10 Å². The third-order valence-electron chi connectivity index (χ3n) is 3.71. The topological polar surface area (TPSA) is 50.3 Å². The molecule has 2 heterocycles. The molecule has 0 spiro atoms. The Balaban J connectivity index is 2.23. The predicted molar refractivity (Wildman–Crippen MR) is 76.1 cm³/mol. The summed E-state index contributed by atoms with van der Waals surface area (Å²) in [6, 6.07) is 0.347. The Kier molecular flexibility index (Phi) is 3.80. The normalized spacial score (nSPS) is 17.7. The minimum Gasteiger partial charge on any atom is -0.394 e. The van der Waals surface area contributed by atoms with E-state index in [0.29, 0.717) is 6.04 Å². The molecule has 0 aliphatic carbocycles. The maximum Gasteiger partial charge on any atom is 0.151 e. The number of rotatable bonds is 3. The number of nitrogens with two attached hydrogens (primary N) is 1. The number of hydrogen-bond donors (Lipinski definition) is 1. The van der Waals surface area contributed by atoms with Gasteiger partial charge in [0.25, 0.3) is 0 Å². The van der Waals surface area contributed by atoms with Crippen molar-refractivity contribution in [1.82, 2.24) is 14.7 Å². The monoisotopic (exact) mass is 251 g/mol. The molecule has 0 bridgehead atoms. The van der Waals surface area contributed by atoms with Gasteiger partial charge < -0.3 is 15.5 Å². The highest BCUT2D eigenvalue weighted by Crippen LogP contribution is 2.29. The molecule has 0 aromatic carbocycles. The van der Waals surface area contributed by atoms with Crippen molar-refractivity contribution in [2.24, 2.45) is 0 Å².